The highest BCUT2D eigenvalue weighted by molar-refractivity contribution is 5.81. The number of carbonyl (C=O) groups is 1. The topological polar surface area (TPSA) is 67.5 Å². The van der Waals surface area contributed by atoms with Crippen molar-refractivity contribution in [3.05, 3.63) is 34.7 Å². The molecule has 0 saturated heterocycles. The smallest absolute Gasteiger partial charge is 0.329 e. The molecule has 1 amide bonds. The quantitative estimate of drug-likeness (QED) is 0.894. The first-order chi connectivity index (χ1) is 10.2. The number of hydrogen-bond acceptors (Lipinski definition) is 3. The molecule has 0 bridgehead atoms. The van der Waals surface area contributed by atoms with Gasteiger partial charge in [-0.2, -0.15) is 0 Å². The van der Waals surface area contributed by atoms with Crippen LogP contribution in [0.25, 0.3) is 11.0 Å². The van der Waals surface area contributed by atoms with Gasteiger partial charge < -0.3 is 10.0 Å². The van der Waals surface area contributed by atoms with Crippen LogP contribution in [0.4, 0.5) is 0 Å². The van der Waals surface area contributed by atoms with Gasteiger partial charge in [-0.25, -0.2) is 4.79 Å². The van der Waals surface area contributed by atoms with Crippen LogP contribution in [0, 0.1) is 0 Å². The van der Waals surface area contributed by atoms with Crippen LogP contribution >= 0.6 is 0 Å². The van der Waals surface area contributed by atoms with Crippen LogP contribution in [0.5, 0.6) is 0 Å². The number of aryl methyl sites for hydroxylation is 1. The van der Waals surface area contributed by atoms with Crippen LogP contribution in [-0.2, 0) is 18.4 Å². The number of benzene rings is 1. The number of likely N-dealkylation sites (N-methyl/N-ethyl adjacent to an activating group) is 1. The van der Waals surface area contributed by atoms with Gasteiger partial charge in [0.15, 0.2) is 0 Å². The molecule has 1 N–H and O–H groups in total. The van der Waals surface area contributed by atoms with E-state index in [1.165, 1.54) is 9.13 Å². The van der Waals surface area contributed by atoms with Crippen molar-refractivity contribution < 1.29 is 9.90 Å². The van der Waals surface area contributed by atoms with Gasteiger partial charge in [-0.15, -0.1) is 0 Å². The maximum atomic E-state index is 12.5. The predicted molar refractivity (Wildman–Crippen MR) is 85.7 cm³/mol. The lowest BCUT2D eigenvalue weighted by Crippen LogP contribution is -2.44. The van der Waals surface area contributed by atoms with Crippen molar-refractivity contribution in [2.75, 3.05) is 13.1 Å². The Morgan fingerprint density at radius 1 is 1.27 bits per heavy atom. The maximum Gasteiger partial charge on any atom is 0.329 e. The van der Waals surface area contributed by atoms with Gasteiger partial charge in [-0.1, -0.05) is 12.1 Å². The Labute approximate surface area is 129 Å². The van der Waals surface area contributed by atoms with Gasteiger partial charge in [0.05, 0.1) is 16.6 Å². The van der Waals surface area contributed by atoms with Crippen LogP contribution in [0.15, 0.2) is 29.1 Å². The average Bonchev–Trinajstić information content (AvgIpc) is 2.69. The van der Waals surface area contributed by atoms with E-state index in [4.69, 9.17) is 0 Å². The van der Waals surface area contributed by atoms with Crippen molar-refractivity contribution in [1.82, 2.24) is 14.0 Å². The molecule has 2 aromatic rings. The Kier molecular flexibility index (Phi) is 4.42. The molecule has 0 aliphatic heterocycles. The lowest BCUT2D eigenvalue weighted by Gasteiger charge is -2.28. The van der Waals surface area contributed by atoms with E-state index in [9.17, 15) is 14.7 Å². The summed E-state index contributed by atoms with van der Waals surface area (Å²) in [6.07, 6.45) is 0. The van der Waals surface area contributed by atoms with E-state index >= 15 is 0 Å². The molecule has 0 fully saturated rings. The second kappa shape index (κ2) is 5.96. The van der Waals surface area contributed by atoms with Gasteiger partial charge in [-0.05, 0) is 32.9 Å². The zero-order valence-corrected chi connectivity index (χ0v) is 13.5. The van der Waals surface area contributed by atoms with Gasteiger partial charge in [0, 0.05) is 20.1 Å². The number of para-hydroxylation sites is 2. The van der Waals surface area contributed by atoms with Gasteiger partial charge in [0.25, 0.3) is 0 Å². The van der Waals surface area contributed by atoms with E-state index in [0.717, 1.165) is 11.0 Å². The molecule has 22 heavy (non-hydrogen) atoms. The van der Waals surface area contributed by atoms with E-state index in [1.54, 1.807) is 25.8 Å². The van der Waals surface area contributed by atoms with Crippen molar-refractivity contribution in [3.63, 3.8) is 0 Å². The Bertz CT molecular complexity index is 737. The number of nitrogens with zero attached hydrogens (tertiary/aromatic N) is 3. The fraction of sp³-hybridized carbons (Fsp3) is 0.500. The largest absolute Gasteiger partial charge is 0.389 e. The van der Waals surface area contributed by atoms with Crippen LogP contribution in [-0.4, -0.2) is 43.7 Å². The Balaban J connectivity index is 2.32. The van der Waals surface area contributed by atoms with Gasteiger partial charge in [0.2, 0.25) is 5.91 Å². The normalized spacial score (nSPS) is 11.9. The summed E-state index contributed by atoms with van der Waals surface area (Å²) in [5.74, 6) is -0.178. The number of amides is 1. The van der Waals surface area contributed by atoms with E-state index in [-0.39, 0.29) is 24.7 Å². The van der Waals surface area contributed by atoms with Gasteiger partial charge in [0.1, 0.15) is 6.54 Å². The highest BCUT2D eigenvalue weighted by Crippen LogP contribution is 2.12. The molecule has 0 unspecified atom stereocenters. The van der Waals surface area contributed by atoms with Crippen molar-refractivity contribution in [3.8, 4) is 0 Å². The van der Waals surface area contributed by atoms with E-state index in [2.05, 4.69) is 0 Å². The second-order valence-corrected chi connectivity index (χ2v) is 6.14. The molecule has 1 aromatic heterocycles. The van der Waals surface area contributed by atoms with Crippen molar-refractivity contribution in [2.45, 2.75) is 32.9 Å². The first kappa shape index (κ1) is 16.3. The molecule has 1 heterocycles. The van der Waals surface area contributed by atoms with Crippen molar-refractivity contribution >= 4 is 16.9 Å². The summed E-state index contributed by atoms with van der Waals surface area (Å²) in [5.41, 5.74) is 0.359. The summed E-state index contributed by atoms with van der Waals surface area (Å²) in [6.45, 7) is 5.88. The summed E-state index contributed by atoms with van der Waals surface area (Å²) in [5, 5.41) is 9.90. The standard InChI is InChI=1S/C16H23N3O3/c1-5-18(11-16(2,3)22)14(20)10-19-13-9-7-6-8-12(13)17(4)15(19)21/h6-9,22H,5,10-11H2,1-4H3. The molecule has 0 aliphatic carbocycles. The SMILES string of the molecule is CCN(CC(C)(C)O)C(=O)Cn1c(=O)n(C)c2ccccc21. The molecule has 6 heteroatoms. The highest BCUT2D eigenvalue weighted by atomic mass is 16.3. The highest BCUT2D eigenvalue weighted by Gasteiger charge is 2.22. The first-order valence-corrected chi connectivity index (χ1v) is 7.39. The minimum Gasteiger partial charge on any atom is -0.389 e. The summed E-state index contributed by atoms with van der Waals surface area (Å²) >= 11 is 0. The van der Waals surface area contributed by atoms with E-state index in [1.807, 2.05) is 31.2 Å². The van der Waals surface area contributed by atoms with Gasteiger partial charge >= 0.3 is 5.69 Å². The molecule has 0 saturated carbocycles. The summed E-state index contributed by atoms with van der Waals surface area (Å²) in [4.78, 5) is 26.4. The molecular formula is C16H23N3O3. The number of carbonyl (C=O) groups excluding carboxylic acids is 1. The lowest BCUT2D eigenvalue weighted by atomic mass is 10.1. The summed E-state index contributed by atoms with van der Waals surface area (Å²) < 4.78 is 3.01. The third-order valence-corrected chi connectivity index (χ3v) is 3.66. The fourth-order valence-corrected chi connectivity index (χ4v) is 2.59. The van der Waals surface area contributed by atoms with Crippen molar-refractivity contribution in [1.29, 1.82) is 0 Å². The third kappa shape index (κ3) is 3.22. The van der Waals surface area contributed by atoms with Crippen LogP contribution < -0.4 is 5.69 Å². The first-order valence-electron chi connectivity index (χ1n) is 7.39. The molecule has 0 spiro atoms. The number of imidazole rings is 1. The second-order valence-electron chi connectivity index (χ2n) is 6.14. The average molecular weight is 305 g/mol. The Hall–Kier alpha value is -2.08. The number of hydrogen-bond donors (Lipinski definition) is 1. The zero-order chi connectivity index (χ0) is 16.5. The monoisotopic (exact) mass is 305 g/mol. The molecule has 6 nitrogen and oxygen atoms in total. The van der Waals surface area contributed by atoms with Crippen LogP contribution in [0.1, 0.15) is 20.8 Å². The molecule has 120 valence electrons. The van der Waals surface area contributed by atoms with Crippen LogP contribution in [0.3, 0.4) is 0 Å². The maximum absolute atomic E-state index is 12.5. The fourth-order valence-electron chi connectivity index (χ4n) is 2.59. The third-order valence-electron chi connectivity index (χ3n) is 3.66. The van der Waals surface area contributed by atoms with E-state index in [0.29, 0.717) is 6.54 Å². The molecular weight excluding hydrogens is 282 g/mol. The predicted octanol–water partition coefficient (Wildman–Crippen LogP) is 0.959. The minimum absolute atomic E-state index is 0.0237. The zero-order valence-electron chi connectivity index (χ0n) is 13.5. The Morgan fingerprint density at radius 3 is 2.41 bits per heavy atom. The molecule has 2 rings (SSSR count). The molecule has 0 radical (unpaired) electrons. The summed E-state index contributed by atoms with van der Waals surface area (Å²) in [7, 11) is 1.69. The molecule has 0 atom stereocenters. The molecule has 1 aromatic carbocycles. The van der Waals surface area contributed by atoms with E-state index < -0.39 is 5.60 Å². The lowest BCUT2D eigenvalue weighted by molar-refractivity contribution is -0.134. The number of rotatable bonds is 5. The van der Waals surface area contributed by atoms with Crippen LogP contribution in [0.2, 0.25) is 0 Å². The minimum atomic E-state index is -0.963. The number of fused-ring (bicyclic) bond motifs is 1. The van der Waals surface area contributed by atoms with Gasteiger partial charge in [-0.3, -0.25) is 13.9 Å². The number of aromatic nitrogens is 2. The van der Waals surface area contributed by atoms with Crippen molar-refractivity contribution in [2.24, 2.45) is 7.05 Å². The Morgan fingerprint density at radius 2 is 1.86 bits per heavy atom. The molecule has 0 aliphatic rings. The summed E-state index contributed by atoms with van der Waals surface area (Å²) in [6, 6.07) is 7.39. The number of aliphatic hydroxyl groups is 1.